The third kappa shape index (κ3) is 4.28. The highest BCUT2D eigenvalue weighted by atomic mass is 16.5. The number of rotatable bonds is 5. The van der Waals surface area contributed by atoms with Gasteiger partial charge in [-0.15, -0.1) is 0 Å². The molecule has 1 aliphatic heterocycles. The zero-order valence-electron chi connectivity index (χ0n) is 12.5. The number of pyridine rings is 1. The Morgan fingerprint density at radius 1 is 1.38 bits per heavy atom. The van der Waals surface area contributed by atoms with Gasteiger partial charge in [0.25, 0.3) is 0 Å². The molecule has 0 radical (unpaired) electrons. The first-order valence-electron chi connectivity index (χ1n) is 7.48. The van der Waals surface area contributed by atoms with E-state index in [-0.39, 0.29) is 17.9 Å². The number of esters is 1. The molecule has 0 bridgehead atoms. The molecule has 1 fully saturated rings. The SMILES string of the molecule is COC(=O)CCCC(=O)N1CCCCC1c1cccnc1. The standard InChI is InChI=1S/C16H22N2O3/c1-21-16(20)9-4-8-15(19)18-11-3-2-7-14(18)13-6-5-10-17-12-13/h5-6,10,12,14H,2-4,7-9,11H2,1H3. The summed E-state index contributed by atoms with van der Waals surface area (Å²) in [6, 6.07) is 4.06. The fourth-order valence-electron chi connectivity index (χ4n) is 2.78. The van der Waals surface area contributed by atoms with E-state index in [4.69, 9.17) is 0 Å². The van der Waals surface area contributed by atoms with Gasteiger partial charge in [-0.2, -0.15) is 0 Å². The van der Waals surface area contributed by atoms with Crippen molar-refractivity contribution in [1.82, 2.24) is 9.88 Å². The predicted octanol–water partition coefficient (Wildman–Crippen LogP) is 2.48. The summed E-state index contributed by atoms with van der Waals surface area (Å²) in [5.41, 5.74) is 1.10. The Hall–Kier alpha value is -1.91. The number of ether oxygens (including phenoxy) is 1. The summed E-state index contributed by atoms with van der Waals surface area (Å²) < 4.78 is 4.60. The molecule has 1 amide bonds. The molecule has 0 N–H and O–H groups in total. The average Bonchev–Trinajstić information content (AvgIpc) is 2.55. The van der Waals surface area contributed by atoms with Crippen LogP contribution in [0.2, 0.25) is 0 Å². The second-order valence-corrected chi connectivity index (χ2v) is 5.31. The minimum absolute atomic E-state index is 0.118. The zero-order valence-corrected chi connectivity index (χ0v) is 12.5. The number of piperidine rings is 1. The molecule has 21 heavy (non-hydrogen) atoms. The Morgan fingerprint density at radius 2 is 2.24 bits per heavy atom. The molecule has 0 aromatic carbocycles. The van der Waals surface area contributed by atoms with Crippen LogP contribution in [0.5, 0.6) is 0 Å². The van der Waals surface area contributed by atoms with Gasteiger partial charge >= 0.3 is 5.97 Å². The number of amides is 1. The summed E-state index contributed by atoms with van der Waals surface area (Å²) in [6.07, 6.45) is 7.97. The molecular weight excluding hydrogens is 268 g/mol. The number of methoxy groups -OCH3 is 1. The zero-order chi connectivity index (χ0) is 15.1. The average molecular weight is 290 g/mol. The molecule has 2 heterocycles. The summed E-state index contributed by atoms with van der Waals surface area (Å²) in [5.74, 6) is -0.141. The first-order valence-corrected chi connectivity index (χ1v) is 7.48. The normalized spacial score (nSPS) is 18.3. The van der Waals surface area contributed by atoms with Crippen molar-refractivity contribution in [3.63, 3.8) is 0 Å². The van der Waals surface area contributed by atoms with E-state index in [9.17, 15) is 9.59 Å². The van der Waals surface area contributed by atoms with Gasteiger partial charge in [-0.3, -0.25) is 14.6 Å². The lowest BCUT2D eigenvalue weighted by Gasteiger charge is -2.36. The van der Waals surface area contributed by atoms with Crippen molar-refractivity contribution < 1.29 is 14.3 Å². The van der Waals surface area contributed by atoms with Crippen LogP contribution >= 0.6 is 0 Å². The van der Waals surface area contributed by atoms with Crippen LogP contribution in [0.15, 0.2) is 24.5 Å². The molecule has 2 rings (SSSR count). The van der Waals surface area contributed by atoms with Crippen LogP contribution in [0.3, 0.4) is 0 Å². The first kappa shape index (κ1) is 15.5. The largest absolute Gasteiger partial charge is 0.469 e. The summed E-state index contributed by atoms with van der Waals surface area (Å²) >= 11 is 0. The lowest BCUT2D eigenvalue weighted by molar-refractivity contribution is -0.141. The predicted molar refractivity (Wildman–Crippen MR) is 78.4 cm³/mol. The fraction of sp³-hybridized carbons (Fsp3) is 0.562. The van der Waals surface area contributed by atoms with Crippen LogP contribution in [-0.4, -0.2) is 35.4 Å². The van der Waals surface area contributed by atoms with Crippen molar-refractivity contribution in [2.45, 2.75) is 44.6 Å². The van der Waals surface area contributed by atoms with E-state index in [1.165, 1.54) is 7.11 Å². The molecule has 5 heteroatoms. The lowest BCUT2D eigenvalue weighted by atomic mass is 9.96. The summed E-state index contributed by atoms with van der Waals surface area (Å²) in [5, 5.41) is 0. The van der Waals surface area contributed by atoms with Crippen LogP contribution in [0.1, 0.15) is 50.1 Å². The minimum Gasteiger partial charge on any atom is -0.469 e. The summed E-state index contributed by atoms with van der Waals surface area (Å²) in [4.78, 5) is 29.6. The number of carbonyl (C=O) groups excluding carboxylic acids is 2. The number of carbonyl (C=O) groups is 2. The van der Waals surface area contributed by atoms with Crippen LogP contribution in [0.4, 0.5) is 0 Å². The maximum absolute atomic E-state index is 12.4. The highest BCUT2D eigenvalue weighted by Gasteiger charge is 2.27. The molecule has 1 aromatic heterocycles. The second kappa shape index (κ2) is 7.76. The first-order chi connectivity index (χ1) is 10.2. The Morgan fingerprint density at radius 3 is 2.95 bits per heavy atom. The highest BCUT2D eigenvalue weighted by Crippen LogP contribution is 2.31. The van der Waals surface area contributed by atoms with Crippen molar-refractivity contribution in [3.8, 4) is 0 Å². The molecule has 1 atom stereocenters. The van der Waals surface area contributed by atoms with E-state index in [0.29, 0.717) is 19.3 Å². The van der Waals surface area contributed by atoms with Gasteiger partial charge in [0.15, 0.2) is 0 Å². The van der Waals surface area contributed by atoms with Gasteiger partial charge in [-0.25, -0.2) is 0 Å². The molecule has 0 spiro atoms. The van der Waals surface area contributed by atoms with Crippen molar-refractivity contribution in [1.29, 1.82) is 0 Å². The lowest BCUT2D eigenvalue weighted by Crippen LogP contribution is -2.38. The van der Waals surface area contributed by atoms with Crippen molar-refractivity contribution in [3.05, 3.63) is 30.1 Å². The number of hydrogen-bond acceptors (Lipinski definition) is 4. The topological polar surface area (TPSA) is 59.5 Å². The van der Waals surface area contributed by atoms with E-state index in [0.717, 1.165) is 31.4 Å². The van der Waals surface area contributed by atoms with Gasteiger partial charge in [-0.1, -0.05) is 6.07 Å². The fourth-order valence-corrected chi connectivity index (χ4v) is 2.78. The van der Waals surface area contributed by atoms with E-state index >= 15 is 0 Å². The van der Waals surface area contributed by atoms with Gasteiger partial charge in [-0.05, 0) is 37.3 Å². The number of likely N-dealkylation sites (tertiary alicyclic amines) is 1. The van der Waals surface area contributed by atoms with Crippen molar-refractivity contribution >= 4 is 11.9 Å². The van der Waals surface area contributed by atoms with Gasteiger partial charge < -0.3 is 9.64 Å². The van der Waals surface area contributed by atoms with Gasteiger partial charge in [0.1, 0.15) is 0 Å². The molecule has 5 nitrogen and oxygen atoms in total. The molecule has 1 aromatic rings. The Balaban J connectivity index is 1.95. The maximum Gasteiger partial charge on any atom is 0.305 e. The molecule has 1 aliphatic rings. The van der Waals surface area contributed by atoms with Crippen LogP contribution in [0, 0.1) is 0 Å². The number of aromatic nitrogens is 1. The molecule has 114 valence electrons. The third-order valence-corrected chi connectivity index (χ3v) is 3.89. The van der Waals surface area contributed by atoms with Crippen LogP contribution in [0.25, 0.3) is 0 Å². The van der Waals surface area contributed by atoms with E-state index < -0.39 is 0 Å². The van der Waals surface area contributed by atoms with Crippen LogP contribution < -0.4 is 0 Å². The van der Waals surface area contributed by atoms with Crippen molar-refractivity contribution in [2.24, 2.45) is 0 Å². The maximum atomic E-state index is 12.4. The monoisotopic (exact) mass is 290 g/mol. The number of hydrogen-bond donors (Lipinski definition) is 0. The quantitative estimate of drug-likeness (QED) is 0.782. The Kier molecular flexibility index (Phi) is 5.72. The number of nitrogens with zero attached hydrogens (tertiary/aromatic N) is 2. The Labute approximate surface area is 125 Å². The molecular formula is C16H22N2O3. The van der Waals surface area contributed by atoms with Gasteiger partial charge in [0, 0.05) is 31.8 Å². The molecule has 1 unspecified atom stereocenters. The smallest absolute Gasteiger partial charge is 0.305 e. The molecule has 0 aliphatic carbocycles. The highest BCUT2D eigenvalue weighted by molar-refractivity contribution is 5.77. The Bertz CT molecular complexity index is 476. The van der Waals surface area contributed by atoms with E-state index in [1.54, 1.807) is 6.20 Å². The summed E-state index contributed by atoms with van der Waals surface area (Å²) in [6.45, 7) is 0.788. The summed E-state index contributed by atoms with van der Waals surface area (Å²) in [7, 11) is 1.37. The molecule has 0 saturated carbocycles. The minimum atomic E-state index is -0.259. The van der Waals surface area contributed by atoms with Gasteiger partial charge in [0.05, 0.1) is 13.2 Å². The second-order valence-electron chi connectivity index (χ2n) is 5.31. The van der Waals surface area contributed by atoms with E-state index in [2.05, 4.69) is 9.72 Å². The van der Waals surface area contributed by atoms with Gasteiger partial charge in [0.2, 0.25) is 5.91 Å². The van der Waals surface area contributed by atoms with E-state index in [1.807, 2.05) is 23.2 Å². The molecule has 1 saturated heterocycles. The third-order valence-electron chi connectivity index (χ3n) is 3.89. The van der Waals surface area contributed by atoms with Crippen LogP contribution in [-0.2, 0) is 14.3 Å². The van der Waals surface area contributed by atoms with Crippen molar-refractivity contribution in [2.75, 3.05) is 13.7 Å².